The molecule has 0 radical (unpaired) electrons. The van der Waals surface area contributed by atoms with E-state index in [-0.39, 0.29) is 23.8 Å². The fraction of sp³-hybridized carbons (Fsp3) is 0.562. The number of nitrogens with two attached hydrogens (primary N) is 2. The second-order valence-electron chi connectivity index (χ2n) is 6.64. The van der Waals surface area contributed by atoms with Crippen LogP contribution in [0.25, 0.3) is 0 Å². The molecule has 0 bridgehead atoms. The zero-order valence-electron chi connectivity index (χ0n) is 13.5. The van der Waals surface area contributed by atoms with Gasteiger partial charge < -0.3 is 10.6 Å². The number of nitrogens with zero attached hydrogens (tertiary/aromatic N) is 2. The van der Waals surface area contributed by atoms with E-state index < -0.39 is 10.2 Å². The highest BCUT2D eigenvalue weighted by Crippen LogP contribution is 2.29. The van der Waals surface area contributed by atoms with Crippen LogP contribution >= 0.6 is 0 Å². The van der Waals surface area contributed by atoms with Gasteiger partial charge in [-0.3, -0.25) is 4.79 Å². The summed E-state index contributed by atoms with van der Waals surface area (Å²) >= 11 is 0. The summed E-state index contributed by atoms with van der Waals surface area (Å²) in [7, 11) is -3.66. The Labute approximate surface area is 142 Å². The van der Waals surface area contributed by atoms with Crippen LogP contribution in [0.2, 0.25) is 0 Å². The smallest absolute Gasteiger partial charge is 0.276 e. The molecule has 1 aromatic carbocycles. The Bertz CT molecular complexity index is 687. The summed E-state index contributed by atoms with van der Waals surface area (Å²) in [5.41, 5.74) is 7.41. The third-order valence-corrected chi connectivity index (χ3v) is 6.15. The van der Waals surface area contributed by atoms with Crippen LogP contribution in [0.5, 0.6) is 0 Å². The van der Waals surface area contributed by atoms with Crippen molar-refractivity contribution in [1.82, 2.24) is 9.21 Å². The lowest BCUT2D eigenvalue weighted by atomic mass is 9.95. The third kappa shape index (κ3) is 3.61. The van der Waals surface area contributed by atoms with Crippen molar-refractivity contribution in [3.05, 3.63) is 35.9 Å². The standard InChI is InChI=1S/C16H24N4O3S/c17-15-11-19(10-14(15)12-4-2-1-3-5-12)16(21)13-6-8-20(9-7-13)24(18,22)23/h1-5,13-15H,6-11,17H2,(H2,18,22,23)/t14-,15+/m0/s1. The molecule has 1 amide bonds. The molecular formula is C16H24N4O3S. The van der Waals surface area contributed by atoms with E-state index in [4.69, 9.17) is 10.9 Å². The SMILES string of the molecule is N[C@@H]1CN(C(=O)C2CCN(S(N)(=O)=O)CC2)C[C@H]1c1ccccc1. The first-order chi connectivity index (χ1) is 11.4. The minimum atomic E-state index is -3.66. The summed E-state index contributed by atoms with van der Waals surface area (Å²) in [5.74, 6) is 0.0855. The maximum atomic E-state index is 12.8. The third-order valence-electron chi connectivity index (χ3n) is 5.07. The number of carbonyl (C=O) groups is 1. The molecule has 1 aromatic rings. The molecule has 24 heavy (non-hydrogen) atoms. The van der Waals surface area contributed by atoms with Gasteiger partial charge in [-0.2, -0.15) is 12.7 Å². The maximum Gasteiger partial charge on any atom is 0.276 e. The molecule has 3 rings (SSSR count). The van der Waals surface area contributed by atoms with Crippen LogP contribution in [0.3, 0.4) is 0 Å². The van der Waals surface area contributed by atoms with E-state index >= 15 is 0 Å². The van der Waals surface area contributed by atoms with Crippen LogP contribution in [0.4, 0.5) is 0 Å². The van der Waals surface area contributed by atoms with E-state index in [0.717, 1.165) is 5.56 Å². The van der Waals surface area contributed by atoms with Crippen LogP contribution in [-0.2, 0) is 15.0 Å². The fourth-order valence-corrected chi connectivity index (χ4v) is 4.40. The molecular weight excluding hydrogens is 328 g/mol. The van der Waals surface area contributed by atoms with E-state index in [0.29, 0.717) is 39.0 Å². The highest BCUT2D eigenvalue weighted by molar-refractivity contribution is 7.86. The summed E-state index contributed by atoms with van der Waals surface area (Å²) in [6.07, 6.45) is 1.02. The Hall–Kier alpha value is -1.48. The summed E-state index contributed by atoms with van der Waals surface area (Å²) < 4.78 is 23.9. The zero-order chi connectivity index (χ0) is 17.3. The molecule has 7 nitrogen and oxygen atoms in total. The molecule has 0 aromatic heterocycles. The number of amides is 1. The number of hydrogen-bond acceptors (Lipinski definition) is 4. The fourth-order valence-electron chi connectivity index (χ4n) is 3.68. The number of carbonyl (C=O) groups excluding carboxylic acids is 1. The molecule has 2 heterocycles. The first-order valence-corrected chi connectivity index (χ1v) is 9.74. The van der Waals surface area contributed by atoms with Crippen molar-refractivity contribution < 1.29 is 13.2 Å². The van der Waals surface area contributed by atoms with Gasteiger partial charge in [0.2, 0.25) is 5.91 Å². The Morgan fingerprint density at radius 2 is 1.71 bits per heavy atom. The molecule has 2 saturated heterocycles. The van der Waals surface area contributed by atoms with Gasteiger partial charge in [0.15, 0.2) is 0 Å². The monoisotopic (exact) mass is 352 g/mol. The van der Waals surface area contributed by atoms with Crippen molar-refractivity contribution >= 4 is 16.1 Å². The zero-order valence-corrected chi connectivity index (χ0v) is 14.4. The quantitative estimate of drug-likeness (QED) is 0.788. The minimum Gasteiger partial charge on any atom is -0.340 e. The Kier molecular flexibility index (Phi) is 4.91. The Morgan fingerprint density at radius 1 is 1.08 bits per heavy atom. The normalized spacial score (nSPS) is 26.7. The van der Waals surface area contributed by atoms with Gasteiger partial charge >= 0.3 is 0 Å². The Morgan fingerprint density at radius 3 is 2.29 bits per heavy atom. The van der Waals surface area contributed by atoms with Crippen LogP contribution in [-0.4, -0.2) is 55.8 Å². The van der Waals surface area contributed by atoms with Gasteiger partial charge in [-0.05, 0) is 18.4 Å². The van der Waals surface area contributed by atoms with Crippen molar-refractivity contribution in [2.45, 2.75) is 24.8 Å². The summed E-state index contributed by atoms with van der Waals surface area (Å²) in [5, 5.41) is 5.14. The Balaban J connectivity index is 1.61. The van der Waals surface area contributed by atoms with Gasteiger partial charge in [0.05, 0.1) is 0 Å². The van der Waals surface area contributed by atoms with Crippen LogP contribution < -0.4 is 10.9 Å². The van der Waals surface area contributed by atoms with Gasteiger partial charge in [-0.25, -0.2) is 5.14 Å². The van der Waals surface area contributed by atoms with E-state index in [1.165, 1.54) is 4.31 Å². The molecule has 0 unspecified atom stereocenters. The highest BCUT2D eigenvalue weighted by Gasteiger charge is 2.38. The molecule has 2 fully saturated rings. The first kappa shape index (κ1) is 17.3. The molecule has 0 aliphatic carbocycles. The number of likely N-dealkylation sites (tertiary alicyclic amines) is 1. The van der Waals surface area contributed by atoms with Crippen LogP contribution in [0, 0.1) is 5.92 Å². The lowest BCUT2D eigenvalue weighted by Gasteiger charge is -2.31. The second kappa shape index (κ2) is 6.79. The van der Waals surface area contributed by atoms with Gasteiger partial charge in [-0.1, -0.05) is 30.3 Å². The van der Waals surface area contributed by atoms with Crippen LogP contribution in [0.1, 0.15) is 24.3 Å². The van der Waals surface area contributed by atoms with Gasteiger partial charge in [0.25, 0.3) is 10.2 Å². The molecule has 2 atom stereocenters. The predicted molar refractivity (Wildman–Crippen MR) is 91.1 cm³/mol. The first-order valence-electron chi connectivity index (χ1n) is 8.23. The van der Waals surface area contributed by atoms with Crippen molar-refractivity contribution in [2.24, 2.45) is 16.8 Å². The largest absolute Gasteiger partial charge is 0.340 e. The van der Waals surface area contributed by atoms with Gasteiger partial charge in [-0.15, -0.1) is 0 Å². The maximum absolute atomic E-state index is 12.8. The van der Waals surface area contributed by atoms with E-state index in [1.54, 1.807) is 0 Å². The average molecular weight is 352 g/mol. The second-order valence-corrected chi connectivity index (χ2v) is 8.19. The van der Waals surface area contributed by atoms with Crippen molar-refractivity contribution in [3.63, 3.8) is 0 Å². The molecule has 0 spiro atoms. The van der Waals surface area contributed by atoms with E-state index in [1.807, 2.05) is 35.2 Å². The predicted octanol–water partition coefficient (Wildman–Crippen LogP) is -0.145. The minimum absolute atomic E-state index is 0.0686. The summed E-state index contributed by atoms with van der Waals surface area (Å²) in [6, 6.07) is 9.95. The molecule has 0 saturated carbocycles. The average Bonchev–Trinajstić information content (AvgIpc) is 2.96. The number of piperidine rings is 1. The lowest BCUT2D eigenvalue weighted by molar-refractivity contribution is -0.135. The van der Waals surface area contributed by atoms with Gasteiger partial charge in [0, 0.05) is 44.1 Å². The summed E-state index contributed by atoms with van der Waals surface area (Å²) in [6.45, 7) is 1.78. The van der Waals surface area contributed by atoms with Gasteiger partial charge in [0.1, 0.15) is 0 Å². The topological polar surface area (TPSA) is 110 Å². The highest BCUT2D eigenvalue weighted by atomic mass is 32.2. The number of benzene rings is 1. The molecule has 8 heteroatoms. The van der Waals surface area contributed by atoms with Crippen molar-refractivity contribution in [3.8, 4) is 0 Å². The molecule has 4 N–H and O–H groups in total. The van der Waals surface area contributed by atoms with Crippen molar-refractivity contribution in [1.29, 1.82) is 0 Å². The van der Waals surface area contributed by atoms with Crippen molar-refractivity contribution in [2.75, 3.05) is 26.2 Å². The van der Waals surface area contributed by atoms with E-state index in [9.17, 15) is 13.2 Å². The number of hydrogen-bond donors (Lipinski definition) is 2. The summed E-state index contributed by atoms with van der Waals surface area (Å²) in [4.78, 5) is 14.6. The van der Waals surface area contributed by atoms with E-state index in [2.05, 4.69) is 0 Å². The molecule has 132 valence electrons. The molecule has 2 aliphatic rings. The number of rotatable bonds is 3. The molecule has 2 aliphatic heterocycles. The van der Waals surface area contributed by atoms with Crippen LogP contribution in [0.15, 0.2) is 30.3 Å². The lowest BCUT2D eigenvalue weighted by Crippen LogP contribution is -2.46.